The van der Waals surface area contributed by atoms with Gasteiger partial charge in [0.25, 0.3) is 0 Å². The van der Waals surface area contributed by atoms with E-state index >= 15 is 0 Å². The Labute approximate surface area is 116 Å². The van der Waals surface area contributed by atoms with Crippen molar-refractivity contribution in [2.24, 2.45) is 16.6 Å². The van der Waals surface area contributed by atoms with Crippen LogP contribution in [-0.4, -0.2) is 50.6 Å². The summed E-state index contributed by atoms with van der Waals surface area (Å²) >= 11 is 0. The van der Waals surface area contributed by atoms with Gasteiger partial charge in [-0.05, 0) is 18.8 Å². The second-order valence-corrected chi connectivity index (χ2v) is 6.94. The van der Waals surface area contributed by atoms with Crippen LogP contribution >= 0.6 is 0 Å². The van der Waals surface area contributed by atoms with Crippen molar-refractivity contribution < 1.29 is 8.42 Å². The van der Waals surface area contributed by atoms with Gasteiger partial charge in [-0.1, -0.05) is 20.3 Å². The van der Waals surface area contributed by atoms with E-state index in [9.17, 15) is 8.42 Å². The zero-order chi connectivity index (χ0) is 14.3. The number of aliphatic imine (C=N–C) groups is 1. The molecule has 0 saturated heterocycles. The molecule has 7 heteroatoms. The molecule has 3 N–H and O–H groups in total. The van der Waals surface area contributed by atoms with Gasteiger partial charge in [-0.2, -0.15) is 0 Å². The van der Waals surface area contributed by atoms with E-state index in [1.807, 2.05) is 13.8 Å². The molecule has 1 rings (SSSR count). The fraction of sp³-hybridized carbons (Fsp3) is 0.917. The summed E-state index contributed by atoms with van der Waals surface area (Å²) in [6.45, 7) is 5.74. The van der Waals surface area contributed by atoms with Crippen LogP contribution in [0.15, 0.2) is 4.99 Å². The van der Waals surface area contributed by atoms with Crippen LogP contribution in [0.25, 0.3) is 0 Å². The molecule has 0 aromatic heterocycles. The minimum absolute atomic E-state index is 0.0499. The van der Waals surface area contributed by atoms with Crippen LogP contribution in [0.1, 0.15) is 33.1 Å². The van der Waals surface area contributed by atoms with Crippen molar-refractivity contribution in [2.45, 2.75) is 33.1 Å². The van der Waals surface area contributed by atoms with E-state index in [1.165, 1.54) is 23.6 Å². The standard InChI is InChI=1S/C12H26N4O2S/c1-3-16(4-2)19(17,18)9-8-14-12(13)15-10-11-6-5-7-11/h11H,3-10H2,1-2H3,(H3,13,14,15). The van der Waals surface area contributed by atoms with Crippen LogP contribution in [0, 0.1) is 5.92 Å². The monoisotopic (exact) mass is 290 g/mol. The second kappa shape index (κ2) is 7.69. The molecule has 1 fully saturated rings. The van der Waals surface area contributed by atoms with Crippen molar-refractivity contribution in [2.75, 3.05) is 31.9 Å². The zero-order valence-electron chi connectivity index (χ0n) is 11.9. The first-order valence-electron chi connectivity index (χ1n) is 7.01. The lowest BCUT2D eigenvalue weighted by Crippen LogP contribution is -2.40. The van der Waals surface area contributed by atoms with E-state index in [0.717, 1.165) is 6.54 Å². The topological polar surface area (TPSA) is 87.8 Å². The summed E-state index contributed by atoms with van der Waals surface area (Å²) in [5.41, 5.74) is 5.70. The normalized spacial score (nSPS) is 17.5. The molecule has 0 aromatic carbocycles. The van der Waals surface area contributed by atoms with Crippen LogP contribution in [0.5, 0.6) is 0 Å². The van der Waals surface area contributed by atoms with Crippen LogP contribution < -0.4 is 11.1 Å². The molecule has 0 aliphatic heterocycles. The predicted molar refractivity (Wildman–Crippen MR) is 78.5 cm³/mol. The van der Waals surface area contributed by atoms with E-state index in [2.05, 4.69) is 10.3 Å². The van der Waals surface area contributed by atoms with Crippen LogP contribution in [0.2, 0.25) is 0 Å². The van der Waals surface area contributed by atoms with Gasteiger partial charge < -0.3 is 11.1 Å². The summed E-state index contributed by atoms with van der Waals surface area (Å²) in [5, 5.41) is 2.87. The quantitative estimate of drug-likeness (QED) is 0.499. The number of sulfonamides is 1. The molecular formula is C12H26N4O2S. The largest absolute Gasteiger partial charge is 0.370 e. The Hall–Kier alpha value is -0.820. The van der Waals surface area contributed by atoms with Gasteiger partial charge in [0.2, 0.25) is 10.0 Å². The summed E-state index contributed by atoms with van der Waals surface area (Å²) in [6.07, 6.45) is 3.75. The molecule has 0 spiro atoms. The Morgan fingerprint density at radius 1 is 1.37 bits per heavy atom. The van der Waals surface area contributed by atoms with Crippen molar-refractivity contribution in [3.8, 4) is 0 Å². The van der Waals surface area contributed by atoms with Gasteiger partial charge >= 0.3 is 0 Å². The number of hydrogen-bond acceptors (Lipinski definition) is 3. The molecule has 0 radical (unpaired) electrons. The van der Waals surface area contributed by atoms with Crippen molar-refractivity contribution in [3.05, 3.63) is 0 Å². The lowest BCUT2D eigenvalue weighted by Gasteiger charge is -2.23. The Morgan fingerprint density at radius 2 is 2.00 bits per heavy atom. The highest BCUT2D eigenvalue weighted by Gasteiger charge is 2.18. The average molecular weight is 290 g/mol. The maximum atomic E-state index is 11.9. The number of nitrogens with zero attached hydrogens (tertiary/aromatic N) is 2. The molecule has 0 aromatic rings. The molecule has 0 bridgehead atoms. The first-order valence-corrected chi connectivity index (χ1v) is 8.62. The van der Waals surface area contributed by atoms with Crippen LogP contribution in [0.3, 0.4) is 0 Å². The van der Waals surface area contributed by atoms with Gasteiger partial charge in [-0.25, -0.2) is 12.7 Å². The molecule has 0 amide bonds. The van der Waals surface area contributed by atoms with Gasteiger partial charge in [0.05, 0.1) is 5.75 Å². The minimum Gasteiger partial charge on any atom is -0.370 e. The van der Waals surface area contributed by atoms with E-state index in [0.29, 0.717) is 31.5 Å². The molecule has 0 unspecified atom stereocenters. The van der Waals surface area contributed by atoms with Gasteiger partial charge in [-0.15, -0.1) is 0 Å². The van der Waals surface area contributed by atoms with Gasteiger partial charge in [-0.3, -0.25) is 4.99 Å². The molecule has 0 atom stereocenters. The van der Waals surface area contributed by atoms with E-state index in [1.54, 1.807) is 0 Å². The second-order valence-electron chi connectivity index (χ2n) is 4.85. The van der Waals surface area contributed by atoms with E-state index in [4.69, 9.17) is 5.73 Å². The van der Waals surface area contributed by atoms with Crippen molar-refractivity contribution in [3.63, 3.8) is 0 Å². The smallest absolute Gasteiger partial charge is 0.215 e. The molecule has 19 heavy (non-hydrogen) atoms. The summed E-state index contributed by atoms with van der Waals surface area (Å²) < 4.78 is 25.3. The van der Waals surface area contributed by atoms with Gasteiger partial charge in [0, 0.05) is 26.2 Å². The van der Waals surface area contributed by atoms with Crippen molar-refractivity contribution in [1.82, 2.24) is 9.62 Å². The summed E-state index contributed by atoms with van der Waals surface area (Å²) in [4.78, 5) is 4.23. The maximum absolute atomic E-state index is 11.9. The SMILES string of the molecule is CCN(CC)S(=O)(=O)CCNC(N)=NCC1CCC1. The summed E-state index contributed by atoms with van der Waals surface area (Å²) in [7, 11) is -3.18. The number of guanidine groups is 1. The third-order valence-corrected chi connectivity index (χ3v) is 5.53. The Morgan fingerprint density at radius 3 is 2.47 bits per heavy atom. The minimum atomic E-state index is -3.18. The maximum Gasteiger partial charge on any atom is 0.215 e. The van der Waals surface area contributed by atoms with Gasteiger partial charge in [0.1, 0.15) is 0 Å². The highest BCUT2D eigenvalue weighted by Crippen LogP contribution is 2.26. The molecule has 1 aliphatic carbocycles. The Kier molecular flexibility index (Phi) is 6.57. The highest BCUT2D eigenvalue weighted by molar-refractivity contribution is 7.89. The zero-order valence-corrected chi connectivity index (χ0v) is 12.7. The first kappa shape index (κ1) is 16.2. The number of rotatable bonds is 8. The van der Waals surface area contributed by atoms with Gasteiger partial charge in [0.15, 0.2) is 5.96 Å². The third kappa shape index (κ3) is 5.36. The lowest BCUT2D eigenvalue weighted by molar-refractivity contribution is 0.326. The van der Waals surface area contributed by atoms with E-state index in [-0.39, 0.29) is 5.75 Å². The van der Waals surface area contributed by atoms with Crippen LogP contribution in [-0.2, 0) is 10.0 Å². The molecule has 6 nitrogen and oxygen atoms in total. The Bertz CT molecular complexity index is 387. The molecule has 1 saturated carbocycles. The average Bonchev–Trinajstić information content (AvgIpc) is 2.27. The highest BCUT2D eigenvalue weighted by atomic mass is 32.2. The fourth-order valence-electron chi connectivity index (χ4n) is 2.01. The van der Waals surface area contributed by atoms with Crippen LogP contribution in [0.4, 0.5) is 0 Å². The predicted octanol–water partition coefficient (Wildman–Crippen LogP) is 0.362. The van der Waals surface area contributed by atoms with Crippen molar-refractivity contribution in [1.29, 1.82) is 0 Å². The number of nitrogens with one attached hydrogen (secondary N) is 1. The molecule has 0 heterocycles. The first-order chi connectivity index (χ1) is 8.99. The summed E-state index contributed by atoms with van der Waals surface area (Å²) in [5.74, 6) is 1.07. The number of hydrogen-bond donors (Lipinski definition) is 2. The molecule has 1 aliphatic rings. The fourth-order valence-corrected chi connectivity index (χ4v) is 3.42. The van der Waals surface area contributed by atoms with Crippen molar-refractivity contribution >= 4 is 16.0 Å². The molecule has 112 valence electrons. The summed E-state index contributed by atoms with van der Waals surface area (Å²) in [6, 6.07) is 0. The molecular weight excluding hydrogens is 264 g/mol. The Balaban J connectivity index is 2.28. The van der Waals surface area contributed by atoms with E-state index < -0.39 is 10.0 Å². The lowest BCUT2D eigenvalue weighted by atomic mass is 9.86. The number of nitrogens with two attached hydrogens (primary N) is 1. The third-order valence-electron chi connectivity index (χ3n) is 3.51.